The first kappa shape index (κ1) is 26.0. The molecule has 1 aliphatic carbocycles. The minimum atomic E-state index is -0.586. The van der Waals surface area contributed by atoms with Gasteiger partial charge in [0, 0.05) is 49.4 Å². The molecule has 5 rings (SSSR count). The van der Waals surface area contributed by atoms with E-state index in [4.69, 9.17) is 0 Å². The molecule has 1 saturated carbocycles. The van der Waals surface area contributed by atoms with Crippen LogP contribution >= 0.6 is 0 Å². The van der Waals surface area contributed by atoms with Gasteiger partial charge in [0.15, 0.2) is 0 Å². The summed E-state index contributed by atoms with van der Waals surface area (Å²) in [6.07, 6.45) is 5.52. The maximum absolute atomic E-state index is 13.4. The van der Waals surface area contributed by atoms with Gasteiger partial charge < -0.3 is 20.4 Å². The summed E-state index contributed by atoms with van der Waals surface area (Å²) in [5.41, 5.74) is 2.49. The number of amides is 2. The van der Waals surface area contributed by atoms with E-state index >= 15 is 0 Å². The van der Waals surface area contributed by atoms with Crippen LogP contribution in [0.25, 0.3) is 5.69 Å². The van der Waals surface area contributed by atoms with Crippen molar-refractivity contribution in [2.75, 3.05) is 39.8 Å². The standard InChI is InChI=1S/C28H34FN7O2/c1-34-13-15-35(16-14-34)28(38)25(3-2-12-30-26-17-24(26)20-4-8-22(29)9-5-20)33-27(37)21-6-10-23(11-7-21)36-18-31-32-19-36/h4-11,18-19,24-26,30H,2-3,12-17H2,1H3,(H,33,37)/t24-,25-,26+/m0/s1. The lowest BCUT2D eigenvalue weighted by molar-refractivity contribution is -0.135. The molecule has 1 aliphatic heterocycles. The van der Waals surface area contributed by atoms with E-state index in [1.54, 1.807) is 29.4 Å². The van der Waals surface area contributed by atoms with E-state index in [1.165, 1.54) is 12.1 Å². The third-order valence-electron chi connectivity index (χ3n) is 7.43. The van der Waals surface area contributed by atoms with Gasteiger partial charge in [-0.05, 0) is 74.8 Å². The molecule has 1 aromatic heterocycles. The molecular formula is C28H34FN7O2. The van der Waals surface area contributed by atoms with Gasteiger partial charge in [-0.3, -0.25) is 14.2 Å². The highest BCUT2D eigenvalue weighted by Crippen LogP contribution is 2.40. The first-order valence-corrected chi connectivity index (χ1v) is 13.2. The Balaban J connectivity index is 1.16. The predicted octanol–water partition coefficient (Wildman–Crippen LogP) is 2.20. The van der Waals surface area contributed by atoms with Crippen molar-refractivity contribution in [3.05, 3.63) is 78.1 Å². The van der Waals surface area contributed by atoms with E-state index in [9.17, 15) is 14.0 Å². The zero-order chi connectivity index (χ0) is 26.5. The summed E-state index contributed by atoms with van der Waals surface area (Å²) in [5, 5.41) is 14.2. The molecule has 0 bridgehead atoms. The maximum Gasteiger partial charge on any atom is 0.251 e. The highest BCUT2D eigenvalue weighted by Gasteiger charge is 2.37. The van der Waals surface area contributed by atoms with Crippen LogP contribution in [-0.4, -0.2) is 88.2 Å². The quantitative estimate of drug-likeness (QED) is 0.399. The number of benzene rings is 2. The number of nitrogens with zero attached hydrogens (tertiary/aromatic N) is 5. The highest BCUT2D eigenvalue weighted by atomic mass is 19.1. The molecule has 10 heteroatoms. The van der Waals surface area contributed by atoms with Crippen LogP contribution in [-0.2, 0) is 4.79 Å². The molecule has 3 aromatic rings. The van der Waals surface area contributed by atoms with Crippen LogP contribution in [0.2, 0.25) is 0 Å². The Labute approximate surface area is 222 Å². The normalized spacial score (nSPS) is 20.2. The zero-order valence-corrected chi connectivity index (χ0v) is 21.6. The van der Waals surface area contributed by atoms with Gasteiger partial charge >= 0.3 is 0 Å². The van der Waals surface area contributed by atoms with Crippen LogP contribution in [0.15, 0.2) is 61.2 Å². The summed E-state index contributed by atoms with van der Waals surface area (Å²) < 4.78 is 15.0. The van der Waals surface area contributed by atoms with Crippen molar-refractivity contribution in [1.82, 2.24) is 35.2 Å². The van der Waals surface area contributed by atoms with E-state index in [0.717, 1.165) is 43.7 Å². The average Bonchev–Trinajstić information content (AvgIpc) is 3.49. The van der Waals surface area contributed by atoms with Crippen molar-refractivity contribution < 1.29 is 14.0 Å². The maximum atomic E-state index is 13.4. The first-order chi connectivity index (χ1) is 18.5. The Morgan fingerprint density at radius 2 is 1.68 bits per heavy atom. The van der Waals surface area contributed by atoms with Gasteiger partial charge in [-0.2, -0.15) is 0 Å². The summed E-state index contributed by atoms with van der Waals surface area (Å²) in [6, 6.07) is 13.6. The van der Waals surface area contributed by atoms with Gasteiger partial charge in [-0.25, -0.2) is 4.39 Å². The van der Waals surface area contributed by atoms with Crippen molar-refractivity contribution in [2.24, 2.45) is 0 Å². The van der Waals surface area contributed by atoms with Crippen molar-refractivity contribution in [3.8, 4) is 5.69 Å². The van der Waals surface area contributed by atoms with Gasteiger partial charge in [0.2, 0.25) is 5.91 Å². The van der Waals surface area contributed by atoms with Crippen molar-refractivity contribution >= 4 is 11.8 Å². The minimum Gasteiger partial charge on any atom is -0.340 e. The fourth-order valence-electron chi connectivity index (χ4n) is 4.96. The SMILES string of the molecule is CN1CCN(C(=O)[C@H](CCCN[C@@H]2C[C@H]2c2ccc(F)cc2)NC(=O)c2ccc(-n3cnnc3)cc2)CC1. The number of nitrogens with one attached hydrogen (secondary N) is 2. The number of rotatable bonds is 10. The van der Waals surface area contributed by atoms with Crippen molar-refractivity contribution in [2.45, 2.75) is 37.3 Å². The molecule has 2 heterocycles. The van der Waals surface area contributed by atoms with Gasteiger partial charge in [0.1, 0.15) is 24.5 Å². The molecule has 0 spiro atoms. The summed E-state index contributed by atoms with van der Waals surface area (Å²) in [5.74, 6) is -0.106. The molecular weight excluding hydrogens is 485 g/mol. The number of piperazine rings is 1. The fraction of sp³-hybridized carbons (Fsp3) is 0.429. The Bertz CT molecular complexity index is 1210. The molecule has 2 fully saturated rings. The Kier molecular flexibility index (Phi) is 8.09. The zero-order valence-electron chi connectivity index (χ0n) is 21.6. The molecule has 0 radical (unpaired) electrons. The molecule has 2 amide bonds. The molecule has 2 aliphatic rings. The van der Waals surface area contributed by atoms with Crippen LogP contribution in [0, 0.1) is 5.82 Å². The molecule has 2 aromatic carbocycles. The Hall–Kier alpha value is -3.63. The fourth-order valence-corrected chi connectivity index (χ4v) is 4.96. The molecule has 3 atom stereocenters. The van der Waals surface area contributed by atoms with Crippen LogP contribution in [0.5, 0.6) is 0 Å². The molecule has 38 heavy (non-hydrogen) atoms. The monoisotopic (exact) mass is 519 g/mol. The van der Waals surface area contributed by atoms with Gasteiger partial charge in [0.05, 0.1) is 0 Å². The summed E-state index contributed by atoms with van der Waals surface area (Å²) in [4.78, 5) is 30.6. The predicted molar refractivity (Wildman–Crippen MR) is 141 cm³/mol. The van der Waals surface area contributed by atoms with E-state index in [2.05, 4.69) is 25.7 Å². The topological polar surface area (TPSA) is 95.4 Å². The average molecular weight is 520 g/mol. The number of carbonyl (C=O) groups is 2. The second kappa shape index (κ2) is 11.8. The number of aromatic nitrogens is 3. The first-order valence-electron chi connectivity index (χ1n) is 13.2. The van der Waals surface area contributed by atoms with E-state index < -0.39 is 6.04 Å². The van der Waals surface area contributed by atoms with E-state index in [0.29, 0.717) is 37.0 Å². The lowest BCUT2D eigenvalue weighted by atomic mass is 10.1. The Morgan fingerprint density at radius 1 is 1.00 bits per heavy atom. The van der Waals surface area contributed by atoms with Gasteiger partial charge in [0.25, 0.3) is 5.91 Å². The highest BCUT2D eigenvalue weighted by molar-refractivity contribution is 5.97. The molecule has 9 nitrogen and oxygen atoms in total. The molecule has 0 unspecified atom stereocenters. The summed E-state index contributed by atoms with van der Waals surface area (Å²) in [6.45, 7) is 3.72. The molecule has 200 valence electrons. The van der Waals surface area contributed by atoms with Crippen molar-refractivity contribution in [1.29, 1.82) is 0 Å². The second-order valence-electron chi connectivity index (χ2n) is 10.2. The minimum absolute atomic E-state index is 0.0248. The van der Waals surface area contributed by atoms with Crippen LogP contribution in [0.1, 0.15) is 41.1 Å². The third-order valence-corrected chi connectivity index (χ3v) is 7.43. The molecule has 1 saturated heterocycles. The summed E-state index contributed by atoms with van der Waals surface area (Å²) >= 11 is 0. The number of likely N-dealkylation sites (N-methyl/N-ethyl adjacent to an activating group) is 1. The smallest absolute Gasteiger partial charge is 0.251 e. The second-order valence-corrected chi connectivity index (χ2v) is 10.2. The summed E-state index contributed by atoms with van der Waals surface area (Å²) in [7, 11) is 2.05. The van der Waals surface area contributed by atoms with Gasteiger partial charge in [-0.15, -0.1) is 10.2 Å². The Morgan fingerprint density at radius 3 is 2.37 bits per heavy atom. The van der Waals surface area contributed by atoms with Crippen LogP contribution in [0.4, 0.5) is 4.39 Å². The third kappa shape index (κ3) is 6.43. The van der Waals surface area contributed by atoms with Gasteiger partial charge in [-0.1, -0.05) is 12.1 Å². The lowest BCUT2D eigenvalue weighted by Gasteiger charge is -2.34. The van der Waals surface area contributed by atoms with Crippen molar-refractivity contribution in [3.63, 3.8) is 0 Å². The van der Waals surface area contributed by atoms with Crippen LogP contribution in [0.3, 0.4) is 0 Å². The number of carbonyl (C=O) groups excluding carboxylic acids is 2. The van der Waals surface area contributed by atoms with E-state index in [1.807, 2.05) is 36.2 Å². The largest absolute Gasteiger partial charge is 0.340 e. The number of halogens is 1. The lowest BCUT2D eigenvalue weighted by Crippen LogP contribution is -2.54. The van der Waals surface area contributed by atoms with E-state index in [-0.39, 0.29) is 17.6 Å². The number of hydrogen-bond donors (Lipinski definition) is 2. The van der Waals surface area contributed by atoms with Crippen LogP contribution < -0.4 is 10.6 Å². The molecule has 2 N–H and O–H groups in total. The number of hydrogen-bond acceptors (Lipinski definition) is 6.